The van der Waals surface area contributed by atoms with E-state index in [1.165, 1.54) is 16.4 Å². The van der Waals surface area contributed by atoms with Gasteiger partial charge in [0.25, 0.3) is 5.91 Å². The van der Waals surface area contributed by atoms with E-state index in [-0.39, 0.29) is 16.8 Å². The largest absolute Gasteiger partial charge is 0.344 e. The predicted molar refractivity (Wildman–Crippen MR) is 111 cm³/mol. The van der Waals surface area contributed by atoms with Gasteiger partial charge in [0.05, 0.1) is 10.9 Å². The third-order valence-electron chi connectivity index (χ3n) is 4.34. The lowest BCUT2D eigenvalue weighted by molar-refractivity contribution is 0.0932. The Morgan fingerprint density at radius 3 is 2.41 bits per heavy atom. The Bertz CT molecular complexity index is 842. The summed E-state index contributed by atoms with van der Waals surface area (Å²) in [5.41, 5.74) is 0.355. The lowest BCUT2D eigenvalue weighted by atomic mass is 10.0. The van der Waals surface area contributed by atoms with E-state index >= 15 is 0 Å². The highest BCUT2D eigenvalue weighted by Gasteiger charge is 2.23. The normalized spacial score (nSPS) is 13.1. The van der Waals surface area contributed by atoms with Gasteiger partial charge in [-0.2, -0.15) is 4.31 Å². The molecule has 0 aliphatic rings. The van der Waals surface area contributed by atoms with Crippen LogP contribution in [0.1, 0.15) is 55.4 Å². The van der Waals surface area contributed by atoms with Crippen LogP contribution in [0, 0.1) is 5.92 Å². The SMILES string of the molecule is CCN(CC)S(=O)(=O)c1cccc(C(=O)NC(CC(C)C)c2cccs2)c1. The summed E-state index contributed by atoms with van der Waals surface area (Å²) < 4.78 is 26.8. The van der Waals surface area contributed by atoms with Gasteiger partial charge in [-0.15, -0.1) is 11.3 Å². The van der Waals surface area contributed by atoms with Gasteiger partial charge in [-0.3, -0.25) is 4.79 Å². The first-order valence-electron chi connectivity index (χ1n) is 9.24. The first-order chi connectivity index (χ1) is 12.8. The van der Waals surface area contributed by atoms with Crippen LogP contribution in [0.4, 0.5) is 0 Å². The second-order valence-corrected chi connectivity index (χ2v) is 9.71. The number of rotatable bonds is 9. The molecule has 0 spiro atoms. The molecule has 1 aromatic carbocycles. The van der Waals surface area contributed by atoms with Crippen LogP contribution in [-0.2, 0) is 10.0 Å². The molecule has 0 aliphatic carbocycles. The van der Waals surface area contributed by atoms with E-state index in [0.717, 1.165) is 11.3 Å². The molecule has 2 aromatic rings. The van der Waals surface area contributed by atoms with E-state index in [4.69, 9.17) is 0 Å². The quantitative estimate of drug-likeness (QED) is 0.673. The molecule has 1 N–H and O–H groups in total. The Morgan fingerprint density at radius 2 is 1.85 bits per heavy atom. The van der Waals surface area contributed by atoms with Crippen molar-refractivity contribution in [3.05, 3.63) is 52.2 Å². The first-order valence-corrected chi connectivity index (χ1v) is 11.6. The average molecular weight is 409 g/mol. The molecule has 1 amide bonds. The van der Waals surface area contributed by atoms with Crippen LogP contribution in [0.15, 0.2) is 46.7 Å². The number of amides is 1. The van der Waals surface area contributed by atoms with Crippen LogP contribution in [0.2, 0.25) is 0 Å². The fraction of sp³-hybridized carbons (Fsp3) is 0.450. The number of carbonyl (C=O) groups excluding carboxylic acids is 1. The standard InChI is InChI=1S/C20H28N2O3S2/c1-5-22(6-2)27(24,25)17-10-7-9-16(14-17)20(23)21-18(13-15(3)4)19-11-8-12-26-19/h7-12,14-15,18H,5-6,13H2,1-4H3,(H,21,23). The summed E-state index contributed by atoms with van der Waals surface area (Å²) >= 11 is 1.61. The van der Waals surface area contributed by atoms with E-state index in [0.29, 0.717) is 24.6 Å². The van der Waals surface area contributed by atoms with Crippen LogP contribution in [0.25, 0.3) is 0 Å². The predicted octanol–water partition coefficient (Wildman–Crippen LogP) is 4.30. The lowest BCUT2D eigenvalue weighted by Crippen LogP contribution is -2.31. The Morgan fingerprint density at radius 1 is 1.15 bits per heavy atom. The monoisotopic (exact) mass is 408 g/mol. The van der Waals surface area contributed by atoms with Crippen molar-refractivity contribution < 1.29 is 13.2 Å². The van der Waals surface area contributed by atoms with Crippen molar-refractivity contribution >= 4 is 27.3 Å². The number of nitrogens with one attached hydrogen (secondary N) is 1. The molecule has 1 atom stereocenters. The van der Waals surface area contributed by atoms with E-state index in [1.54, 1.807) is 37.3 Å². The maximum atomic E-state index is 12.8. The van der Waals surface area contributed by atoms with Crippen molar-refractivity contribution in [2.24, 2.45) is 5.92 Å². The maximum absolute atomic E-state index is 12.8. The van der Waals surface area contributed by atoms with E-state index in [1.807, 2.05) is 17.5 Å². The van der Waals surface area contributed by atoms with Gasteiger partial charge in [0.15, 0.2) is 0 Å². The minimum Gasteiger partial charge on any atom is -0.344 e. The van der Waals surface area contributed by atoms with Crippen LogP contribution in [-0.4, -0.2) is 31.7 Å². The molecule has 0 aliphatic heterocycles. The topological polar surface area (TPSA) is 66.5 Å². The summed E-state index contributed by atoms with van der Waals surface area (Å²) in [6.07, 6.45) is 0.823. The number of hydrogen-bond donors (Lipinski definition) is 1. The maximum Gasteiger partial charge on any atom is 0.251 e. The third kappa shape index (κ3) is 5.40. The Kier molecular flexibility index (Phi) is 7.59. The number of nitrogens with zero attached hydrogens (tertiary/aromatic N) is 1. The molecule has 1 unspecified atom stereocenters. The molecule has 148 valence electrons. The van der Waals surface area contributed by atoms with E-state index in [9.17, 15) is 13.2 Å². The summed E-state index contributed by atoms with van der Waals surface area (Å²) in [6, 6.07) is 10.2. The molecular formula is C20H28N2O3S2. The number of benzene rings is 1. The number of hydrogen-bond acceptors (Lipinski definition) is 4. The summed E-state index contributed by atoms with van der Waals surface area (Å²) in [6.45, 7) is 8.62. The summed E-state index contributed by atoms with van der Waals surface area (Å²) in [4.78, 5) is 14.1. The zero-order valence-corrected chi connectivity index (χ0v) is 17.9. The zero-order valence-electron chi connectivity index (χ0n) is 16.3. The molecule has 2 rings (SSSR count). The van der Waals surface area contributed by atoms with Crippen LogP contribution in [0.5, 0.6) is 0 Å². The van der Waals surface area contributed by atoms with Crippen LogP contribution in [0.3, 0.4) is 0 Å². The molecule has 0 bridgehead atoms. The minimum atomic E-state index is -3.59. The van der Waals surface area contributed by atoms with Crippen molar-refractivity contribution in [1.82, 2.24) is 9.62 Å². The van der Waals surface area contributed by atoms with E-state index < -0.39 is 10.0 Å². The second kappa shape index (κ2) is 9.48. The van der Waals surface area contributed by atoms with Gasteiger partial charge in [-0.25, -0.2) is 8.42 Å². The molecule has 0 radical (unpaired) electrons. The van der Waals surface area contributed by atoms with Crippen molar-refractivity contribution in [3.8, 4) is 0 Å². The van der Waals surface area contributed by atoms with Crippen LogP contribution < -0.4 is 5.32 Å². The van der Waals surface area contributed by atoms with Gasteiger partial charge in [-0.05, 0) is 42.0 Å². The minimum absolute atomic E-state index is 0.0828. The fourth-order valence-electron chi connectivity index (χ4n) is 2.96. The fourth-order valence-corrected chi connectivity index (χ4v) is 5.25. The van der Waals surface area contributed by atoms with Gasteiger partial charge in [-0.1, -0.05) is 39.8 Å². The second-order valence-electron chi connectivity index (χ2n) is 6.79. The van der Waals surface area contributed by atoms with Gasteiger partial charge in [0.1, 0.15) is 0 Å². The van der Waals surface area contributed by atoms with Crippen molar-refractivity contribution in [2.45, 2.75) is 45.1 Å². The zero-order chi connectivity index (χ0) is 20.0. The number of sulfonamides is 1. The molecule has 5 nitrogen and oxygen atoms in total. The highest BCUT2D eigenvalue weighted by molar-refractivity contribution is 7.89. The first kappa shape index (κ1) is 21.6. The van der Waals surface area contributed by atoms with Crippen LogP contribution >= 0.6 is 11.3 Å². The molecular weight excluding hydrogens is 380 g/mol. The molecule has 0 saturated carbocycles. The van der Waals surface area contributed by atoms with E-state index in [2.05, 4.69) is 19.2 Å². The average Bonchev–Trinajstić information content (AvgIpc) is 3.16. The van der Waals surface area contributed by atoms with Gasteiger partial charge >= 0.3 is 0 Å². The Balaban J connectivity index is 2.26. The Labute approximate surface area is 166 Å². The summed E-state index contributed by atoms with van der Waals surface area (Å²) in [5.74, 6) is 0.164. The molecule has 1 aromatic heterocycles. The smallest absolute Gasteiger partial charge is 0.251 e. The molecule has 0 saturated heterocycles. The third-order valence-corrected chi connectivity index (χ3v) is 7.37. The summed E-state index contributed by atoms with van der Waals surface area (Å²) in [5, 5.41) is 5.06. The van der Waals surface area contributed by atoms with Gasteiger partial charge in [0, 0.05) is 23.5 Å². The molecule has 27 heavy (non-hydrogen) atoms. The number of carbonyl (C=O) groups is 1. The molecule has 0 fully saturated rings. The highest BCUT2D eigenvalue weighted by atomic mass is 32.2. The number of thiophene rings is 1. The van der Waals surface area contributed by atoms with Crippen molar-refractivity contribution in [1.29, 1.82) is 0 Å². The molecule has 7 heteroatoms. The van der Waals surface area contributed by atoms with Crippen molar-refractivity contribution in [3.63, 3.8) is 0 Å². The highest BCUT2D eigenvalue weighted by Crippen LogP contribution is 2.26. The lowest BCUT2D eigenvalue weighted by Gasteiger charge is -2.21. The summed E-state index contributed by atoms with van der Waals surface area (Å²) in [7, 11) is -3.59. The van der Waals surface area contributed by atoms with Gasteiger partial charge in [0.2, 0.25) is 10.0 Å². The Hall–Kier alpha value is -1.70. The molecule has 1 heterocycles. The van der Waals surface area contributed by atoms with Crippen molar-refractivity contribution in [2.75, 3.05) is 13.1 Å². The van der Waals surface area contributed by atoms with Gasteiger partial charge < -0.3 is 5.32 Å².